The first kappa shape index (κ1) is 18.8. The molecule has 0 aromatic heterocycles. The molecule has 0 aromatic carbocycles. The zero-order valence-electron chi connectivity index (χ0n) is 13.0. The summed E-state index contributed by atoms with van der Waals surface area (Å²) in [6.45, 7) is 1.26. The van der Waals surface area contributed by atoms with Crippen molar-refractivity contribution in [1.29, 1.82) is 0 Å². The number of carbonyl (C=O) groups is 4. The lowest BCUT2D eigenvalue weighted by atomic mass is 10.3. The van der Waals surface area contributed by atoms with E-state index in [0.717, 1.165) is 4.90 Å². The average molecular weight is 327 g/mol. The van der Waals surface area contributed by atoms with Gasteiger partial charge in [-0.25, -0.2) is 0 Å². The van der Waals surface area contributed by atoms with Crippen LogP contribution >= 0.6 is 0 Å². The third kappa shape index (κ3) is 7.52. The van der Waals surface area contributed by atoms with Gasteiger partial charge >= 0.3 is 0 Å². The van der Waals surface area contributed by atoms with E-state index in [0.29, 0.717) is 19.8 Å². The molecule has 1 aliphatic rings. The molecule has 0 fully saturated rings. The molecule has 1 rings (SSSR count). The fraction of sp³-hybridized carbons (Fsp3) is 0.571. The molecule has 0 unspecified atom stereocenters. The summed E-state index contributed by atoms with van der Waals surface area (Å²) in [6, 6.07) is 0. The van der Waals surface area contributed by atoms with E-state index in [2.05, 4.69) is 10.6 Å². The lowest BCUT2D eigenvalue weighted by Crippen LogP contribution is -2.35. The molecule has 0 saturated carbocycles. The molecule has 0 atom stereocenters. The minimum absolute atomic E-state index is 0.0145. The summed E-state index contributed by atoms with van der Waals surface area (Å²) < 4.78 is 10.2. The molecule has 0 saturated heterocycles. The molecule has 2 N–H and O–H groups in total. The molecule has 0 spiro atoms. The van der Waals surface area contributed by atoms with E-state index in [9.17, 15) is 19.2 Å². The maximum atomic E-state index is 11.6. The first-order valence-corrected chi connectivity index (χ1v) is 7.21. The number of ether oxygens (including phenoxy) is 2. The second-order valence-corrected chi connectivity index (χ2v) is 4.60. The van der Waals surface area contributed by atoms with Gasteiger partial charge in [0.1, 0.15) is 6.61 Å². The van der Waals surface area contributed by atoms with Crippen molar-refractivity contribution in [3.63, 3.8) is 0 Å². The normalized spacial score (nSPS) is 13.5. The number of nitrogens with zero attached hydrogens (tertiary/aromatic N) is 1. The molecule has 0 radical (unpaired) electrons. The van der Waals surface area contributed by atoms with Crippen LogP contribution in [-0.2, 0) is 28.7 Å². The molecule has 0 aliphatic carbocycles. The van der Waals surface area contributed by atoms with Crippen molar-refractivity contribution in [2.45, 2.75) is 6.42 Å². The SMILES string of the molecule is CNC(=O)COCCOCCNC(=O)CCN1C(=O)C=CC1=O. The molecule has 128 valence electrons. The highest BCUT2D eigenvalue weighted by Gasteiger charge is 2.23. The molecule has 9 heteroatoms. The zero-order chi connectivity index (χ0) is 17.1. The number of imide groups is 1. The predicted octanol–water partition coefficient (Wildman–Crippen LogP) is -1.80. The van der Waals surface area contributed by atoms with Gasteiger partial charge in [-0.15, -0.1) is 0 Å². The van der Waals surface area contributed by atoms with Gasteiger partial charge in [0.15, 0.2) is 0 Å². The Morgan fingerprint density at radius 2 is 1.70 bits per heavy atom. The Kier molecular flexibility index (Phi) is 8.55. The smallest absolute Gasteiger partial charge is 0.253 e. The molecule has 1 heterocycles. The standard InChI is InChI=1S/C14H21N3O6/c1-15-12(19)10-23-9-8-22-7-5-16-11(18)4-6-17-13(20)2-3-14(17)21/h2-3H,4-10H2,1H3,(H,15,19)(H,16,18). The molecular weight excluding hydrogens is 306 g/mol. The van der Waals surface area contributed by atoms with Crippen molar-refractivity contribution in [1.82, 2.24) is 15.5 Å². The van der Waals surface area contributed by atoms with Gasteiger partial charge in [0, 0.05) is 38.7 Å². The second kappa shape index (κ2) is 10.5. The molecular formula is C14H21N3O6. The molecule has 0 bridgehead atoms. The minimum atomic E-state index is -0.400. The monoisotopic (exact) mass is 327 g/mol. The van der Waals surface area contributed by atoms with E-state index in [1.807, 2.05) is 0 Å². The number of hydrogen-bond acceptors (Lipinski definition) is 6. The molecule has 4 amide bonds. The van der Waals surface area contributed by atoms with Crippen LogP contribution in [-0.4, -0.2) is 75.1 Å². The first-order valence-electron chi connectivity index (χ1n) is 7.21. The van der Waals surface area contributed by atoms with Crippen LogP contribution < -0.4 is 10.6 Å². The van der Waals surface area contributed by atoms with Crippen molar-refractivity contribution < 1.29 is 28.7 Å². The van der Waals surface area contributed by atoms with E-state index >= 15 is 0 Å². The third-order valence-electron chi connectivity index (χ3n) is 2.92. The Balaban J connectivity index is 1.95. The van der Waals surface area contributed by atoms with Gasteiger partial charge in [0.05, 0.1) is 19.8 Å². The van der Waals surface area contributed by atoms with Crippen molar-refractivity contribution in [2.24, 2.45) is 0 Å². The highest BCUT2D eigenvalue weighted by molar-refractivity contribution is 6.13. The third-order valence-corrected chi connectivity index (χ3v) is 2.92. The summed E-state index contributed by atoms with van der Waals surface area (Å²) in [7, 11) is 1.52. The van der Waals surface area contributed by atoms with Gasteiger partial charge in [0.2, 0.25) is 11.8 Å². The summed E-state index contributed by atoms with van der Waals surface area (Å²) in [6.07, 6.45) is 2.41. The van der Waals surface area contributed by atoms with Crippen LogP contribution in [0.3, 0.4) is 0 Å². The fourth-order valence-corrected chi connectivity index (χ4v) is 1.67. The largest absolute Gasteiger partial charge is 0.377 e. The number of amides is 4. The highest BCUT2D eigenvalue weighted by Crippen LogP contribution is 2.03. The maximum absolute atomic E-state index is 11.6. The summed E-state index contributed by atoms with van der Waals surface area (Å²) in [5.74, 6) is -1.27. The summed E-state index contributed by atoms with van der Waals surface area (Å²) in [5.41, 5.74) is 0. The lowest BCUT2D eigenvalue weighted by Gasteiger charge is -2.13. The van der Waals surface area contributed by atoms with Crippen LogP contribution in [0, 0.1) is 0 Å². The van der Waals surface area contributed by atoms with Crippen LogP contribution in [0.2, 0.25) is 0 Å². The van der Waals surface area contributed by atoms with Crippen LogP contribution in [0.15, 0.2) is 12.2 Å². The van der Waals surface area contributed by atoms with Crippen LogP contribution in [0.5, 0.6) is 0 Å². The molecule has 1 aliphatic heterocycles. The number of rotatable bonds is 11. The van der Waals surface area contributed by atoms with Crippen LogP contribution in [0.25, 0.3) is 0 Å². The number of likely N-dealkylation sites (N-methyl/N-ethyl adjacent to an activating group) is 1. The Morgan fingerprint density at radius 3 is 2.35 bits per heavy atom. The second-order valence-electron chi connectivity index (χ2n) is 4.60. The van der Waals surface area contributed by atoms with Crippen molar-refractivity contribution in [2.75, 3.05) is 46.6 Å². The van der Waals surface area contributed by atoms with E-state index in [1.54, 1.807) is 0 Å². The number of carbonyl (C=O) groups excluding carboxylic acids is 4. The Labute approximate surface area is 134 Å². The van der Waals surface area contributed by atoms with Gasteiger partial charge < -0.3 is 20.1 Å². The maximum Gasteiger partial charge on any atom is 0.253 e. The quantitative estimate of drug-likeness (QED) is 0.342. The van der Waals surface area contributed by atoms with E-state index in [-0.39, 0.29) is 38.0 Å². The summed E-state index contributed by atoms with van der Waals surface area (Å²) >= 11 is 0. The lowest BCUT2D eigenvalue weighted by molar-refractivity contribution is -0.137. The van der Waals surface area contributed by atoms with Crippen molar-refractivity contribution in [3.8, 4) is 0 Å². The fourth-order valence-electron chi connectivity index (χ4n) is 1.67. The Hall–Kier alpha value is -2.26. The summed E-state index contributed by atoms with van der Waals surface area (Å²) in [4.78, 5) is 46.0. The average Bonchev–Trinajstić information content (AvgIpc) is 2.86. The first-order chi connectivity index (χ1) is 11.0. The topological polar surface area (TPSA) is 114 Å². The van der Waals surface area contributed by atoms with Gasteiger partial charge in [0.25, 0.3) is 11.8 Å². The van der Waals surface area contributed by atoms with Crippen molar-refractivity contribution in [3.05, 3.63) is 12.2 Å². The van der Waals surface area contributed by atoms with E-state index in [1.165, 1.54) is 19.2 Å². The Morgan fingerprint density at radius 1 is 1.04 bits per heavy atom. The van der Waals surface area contributed by atoms with Crippen LogP contribution in [0.4, 0.5) is 0 Å². The van der Waals surface area contributed by atoms with Crippen molar-refractivity contribution >= 4 is 23.6 Å². The van der Waals surface area contributed by atoms with Gasteiger partial charge in [-0.1, -0.05) is 0 Å². The number of hydrogen-bond donors (Lipinski definition) is 2. The van der Waals surface area contributed by atoms with E-state index in [4.69, 9.17) is 9.47 Å². The number of nitrogens with one attached hydrogen (secondary N) is 2. The van der Waals surface area contributed by atoms with Gasteiger partial charge in [-0.05, 0) is 0 Å². The molecule has 9 nitrogen and oxygen atoms in total. The highest BCUT2D eigenvalue weighted by atomic mass is 16.5. The molecule has 0 aromatic rings. The van der Waals surface area contributed by atoms with Gasteiger partial charge in [-0.3, -0.25) is 24.1 Å². The van der Waals surface area contributed by atoms with Crippen LogP contribution in [0.1, 0.15) is 6.42 Å². The zero-order valence-corrected chi connectivity index (χ0v) is 13.0. The minimum Gasteiger partial charge on any atom is -0.377 e. The molecule has 23 heavy (non-hydrogen) atoms. The predicted molar refractivity (Wildman–Crippen MR) is 79.2 cm³/mol. The summed E-state index contributed by atoms with van der Waals surface area (Å²) in [5, 5.41) is 5.04. The van der Waals surface area contributed by atoms with E-state index < -0.39 is 11.8 Å². The van der Waals surface area contributed by atoms with Gasteiger partial charge in [-0.2, -0.15) is 0 Å². The Bertz CT molecular complexity index is 459.